The lowest BCUT2D eigenvalue weighted by Crippen LogP contribution is -2.30. The second-order valence-electron chi connectivity index (χ2n) is 7.45. The Morgan fingerprint density at radius 2 is 2.07 bits per heavy atom. The predicted molar refractivity (Wildman–Crippen MR) is 107 cm³/mol. The summed E-state index contributed by atoms with van der Waals surface area (Å²) in [5.74, 6) is 0.314. The third kappa shape index (κ3) is 2.69. The third-order valence-corrected chi connectivity index (χ3v) is 5.57. The first-order valence-corrected chi connectivity index (χ1v) is 9.45. The second-order valence-corrected chi connectivity index (χ2v) is 7.89. The zero-order chi connectivity index (χ0) is 20.1. The fraction of sp³-hybridized carbons (Fsp3) is 0.273. The number of halogens is 1. The van der Waals surface area contributed by atoms with Crippen molar-refractivity contribution in [3.8, 4) is 11.8 Å². The molecule has 0 bridgehead atoms. The molecular formula is C22H19ClN2O3. The number of ketones is 1. The van der Waals surface area contributed by atoms with Crippen LogP contribution >= 0.6 is 11.6 Å². The van der Waals surface area contributed by atoms with Crippen LogP contribution in [0.3, 0.4) is 0 Å². The SMILES string of the molecule is CC1(C)c2cc(OCCCO)c(C#N)cc2C(=O)c2c1[nH]c1cc(Cl)ccc21. The topological polar surface area (TPSA) is 86.1 Å². The molecule has 28 heavy (non-hydrogen) atoms. The van der Waals surface area contributed by atoms with E-state index in [0.717, 1.165) is 22.2 Å². The Balaban J connectivity index is 1.93. The van der Waals surface area contributed by atoms with Gasteiger partial charge in [-0.25, -0.2) is 0 Å². The van der Waals surface area contributed by atoms with Gasteiger partial charge in [-0.3, -0.25) is 4.79 Å². The molecule has 1 heterocycles. The Morgan fingerprint density at radius 3 is 2.79 bits per heavy atom. The number of carbonyl (C=O) groups is 1. The summed E-state index contributed by atoms with van der Waals surface area (Å²) in [6.07, 6.45) is 0.469. The largest absolute Gasteiger partial charge is 0.492 e. The summed E-state index contributed by atoms with van der Waals surface area (Å²) in [6.45, 7) is 4.39. The average molecular weight is 395 g/mol. The Bertz CT molecular complexity index is 1150. The monoisotopic (exact) mass is 394 g/mol. The maximum absolute atomic E-state index is 13.4. The van der Waals surface area contributed by atoms with Crippen LogP contribution in [0.5, 0.6) is 5.75 Å². The van der Waals surface area contributed by atoms with Gasteiger partial charge in [-0.15, -0.1) is 0 Å². The number of aromatic nitrogens is 1. The number of ether oxygens (including phenoxy) is 1. The van der Waals surface area contributed by atoms with Crippen molar-refractivity contribution in [3.05, 3.63) is 63.3 Å². The van der Waals surface area contributed by atoms with Crippen LogP contribution in [0.1, 0.15) is 53.0 Å². The molecule has 0 aliphatic heterocycles. The predicted octanol–water partition coefficient (Wildman–Crippen LogP) is 4.32. The van der Waals surface area contributed by atoms with E-state index in [4.69, 9.17) is 21.4 Å². The first-order chi connectivity index (χ1) is 13.4. The summed E-state index contributed by atoms with van der Waals surface area (Å²) in [4.78, 5) is 16.7. The molecule has 142 valence electrons. The number of benzene rings is 2. The molecule has 6 heteroatoms. The van der Waals surface area contributed by atoms with Crippen molar-refractivity contribution in [2.24, 2.45) is 0 Å². The molecule has 5 nitrogen and oxygen atoms in total. The number of nitrogens with zero attached hydrogens (tertiary/aromatic N) is 1. The van der Waals surface area contributed by atoms with Gasteiger partial charge in [-0.2, -0.15) is 5.26 Å². The summed E-state index contributed by atoms with van der Waals surface area (Å²) in [5, 5.41) is 19.9. The van der Waals surface area contributed by atoms with Crippen molar-refractivity contribution in [2.75, 3.05) is 13.2 Å². The van der Waals surface area contributed by atoms with E-state index in [1.807, 2.05) is 26.0 Å². The van der Waals surface area contributed by atoms with E-state index in [2.05, 4.69) is 11.1 Å². The maximum Gasteiger partial charge on any atom is 0.195 e. The minimum Gasteiger partial charge on any atom is -0.492 e. The molecule has 2 aromatic carbocycles. The highest BCUT2D eigenvalue weighted by Gasteiger charge is 2.40. The number of aliphatic hydroxyl groups excluding tert-OH is 1. The summed E-state index contributed by atoms with van der Waals surface area (Å²) in [5.41, 5.74) is 3.40. The molecule has 0 saturated heterocycles. The van der Waals surface area contributed by atoms with E-state index in [1.54, 1.807) is 18.2 Å². The van der Waals surface area contributed by atoms with Crippen molar-refractivity contribution in [1.82, 2.24) is 4.98 Å². The van der Waals surface area contributed by atoms with Crippen LogP contribution in [0.2, 0.25) is 5.02 Å². The van der Waals surface area contributed by atoms with E-state index >= 15 is 0 Å². The lowest BCUT2D eigenvalue weighted by atomic mass is 9.71. The fourth-order valence-corrected chi connectivity index (χ4v) is 4.05. The third-order valence-electron chi connectivity index (χ3n) is 5.33. The van der Waals surface area contributed by atoms with Crippen LogP contribution in [-0.2, 0) is 5.41 Å². The number of aliphatic hydroxyl groups is 1. The highest BCUT2D eigenvalue weighted by Crippen LogP contribution is 2.45. The minimum absolute atomic E-state index is 0.0117. The van der Waals surface area contributed by atoms with Crippen LogP contribution in [-0.4, -0.2) is 29.1 Å². The number of aromatic amines is 1. The molecule has 0 radical (unpaired) electrons. The Kier molecular flexibility index (Phi) is 4.41. The summed E-state index contributed by atoms with van der Waals surface area (Å²) >= 11 is 6.12. The lowest BCUT2D eigenvalue weighted by molar-refractivity contribution is 0.103. The first kappa shape index (κ1) is 18.5. The van der Waals surface area contributed by atoms with Crippen LogP contribution < -0.4 is 4.74 Å². The Labute approximate surface area is 167 Å². The minimum atomic E-state index is -0.493. The Hall–Kier alpha value is -2.81. The highest BCUT2D eigenvalue weighted by molar-refractivity contribution is 6.31. The van der Waals surface area contributed by atoms with Crippen LogP contribution in [0.25, 0.3) is 10.9 Å². The molecule has 1 aliphatic rings. The van der Waals surface area contributed by atoms with E-state index < -0.39 is 5.41 Å². The van der Waals surface area contributed by atoms with Gasteiger partial charge in [0, 0.05) is 45.6 Å². The first-order valence-electron chi connectivity index (χ1n) is 9.07. The van der Waals surface area contributed by atoms with E-state index in [1.165, 1.54) is 0 Å². The standard InChI is InChI=1S/C22H19ClN2O3/c1-22(2)16-10-18(28-7-3-6-26)12(11-24)8-15(16)20(27)19-14-5-4-13(23)9-17(14)25-21(19)22/h4-5,8-10,25-26H,3,6-7H2,1-2H3. The number of hydrogen-bond donors (Lipinski definition) is 2. The second kappa shape index (κ2) is 6.66. The summed E-state index contributed by atoms with van der Waals surface area (Å²) in [7, 11) is 0. The molecule has 1 aromatic heterocycles. The van der Waals surface area contributed by atoms with Gasteiger partial charge in [0.1, 0.15) is 11.8 Å². The number of nitriles is 1. The van der Waals surface area contributed by atoms with Crippen LogP contribution in [0.15, 0.2) is 30.3 Å². The molecule has 1 aliphatic carbocycles. The fourth-order valence-electron chi connectivity index (χ4n) is 3.88. The zero-order valence-corrected chi connectivity index (χ0v) is 16.4. The molecular weight excluding hydrogens is 376 g/mol. The van der Waals surface area contributed by atoms with Crippen molar-refractivity contribution in [2.45, 2.75) is 25.7 Å². The van der Waals surface area contributed by atoms with Crippen molar-refractivity contribution in [3.63, 3.8) is 0 Å². The van der Waals surface area contributed by atoms with E-state index in [0.29, 0.717) is 40.5 Å². The number of rotatable bonds is 4. The highest BCUT2D eigenvalue weighted by atomic mass is 35.5. The quantitative estimate of drug-likeness (QED) is 0.645. The molecule has 2 N–H and O–H groups in total. The maximum atomic E-state index is 13.4. The average Bonchev–Trinajstić information content (AvgIpc) is 3.06. The Morgan fingerprint density at radius 1 is 1.29 bits per heavy atom. The van der Waals surface area contributed by atoms with Gasteiger partial charge < -0.3 is 14.8 Å². The van der Waals surface area contributed by atoms with E-state index in [9.17, 15) is 10.1 Å². The number of H-pyrrole nitrogens is 1. The zero-order valence-electron chi connectivity index (χ0n) is 15.6. The molecule has 0 fully saturated rings. The van der Waals surface area contributed by atoms with Gasteiger partial charge >= 0.3 is 0 Å². The lowest BCUT2D eigenvalue weighted by Gasteiger charge is -2.32. The summed E-state index contributed by atoms with van der Waals surface area (Å²) in [6, 6.07) is 11.0. The molecule has 4 rings (SSSR count). The van der Waals surface area contributed by atoms with Crippen molar-refractivity contribution < 1.29 is 14.6 Å². The smallest absolute Gasteiger partial charge is 0.195 e. The number of fused-ring (bicyclic) bond motifs is 4. The van der Waals surface area contributed by atoms with Crippen molar-refractivity contribution >= 4 is 28.3 Å². The van der Waals surface area contributed by atoms with Gasteiger partial charge in [0.15, 0.2) is 5.78 Å². The van der Waals surface area contributed by atoms with Gasteiger partial charge in [-0.05, 0) is 29.8 Å². The molecule has 0 atom stereocenters. The molecule has 0 saturated carbocycles. The van der Waals surface area contributed by atoms with E-state index in [-0.39, 0.29) is 12.4 Å². The van der Waals surface area contributed by atoms with Gasteiger partial charge in [0.25, 0.3) is 0 Å². The molecule has 3 aromatic rings. The van der Waals surface area contributed by atoms with Crippen LogP contribution in [0.4, 0.5) is 0 Å². The van der Waals surface area contributed by atoms with Crippen molar-refractivity contribution in [1.29, 1.82) is 5.26 Å². The molecule has 0 amide bonds. The van der Waals surface area contributed by atoms with Gasteiger partial charge in [0.2, 0.25) is 0 Å². The van der Waals surface area contributed by atoms with Crippen LogP contribution in [0, 0.1) is 11.3 Å². The normalized spacial score (nSPS) is 14.5. The number of carbonyl (C=O) groups excluding carboxylic acids is 1. The summed E-state index contributed by atoms with van der Waals surface area (Å²) < 4.78 is 5.70. The number of hydrogen-bond acceptors (Lipinski definition) is 4. The number of nitrogens with one attached hydrogen (secondary N) is 1. The van der Waals surface area contributed by atoms with Gasteiger partial charge in [-0.1, -0.05) is 31.5 Å². The van der Waals surface area contributed by atoms with Gasteiger partial charge in [0.05, 0.1) is 17.7 Å². The molecule has 0 spiro atoms. The molecule has 0 unspecified atom stereocenters.